The first-order valence-electron chi connectivity index (χ1n) is 10.7. The van der Waals surface area contributed by atoms with Gasteiger partial charge < -0.3 is 0 Å². The molecule has 0 saturated carbocycles. The number of fused-ring (bicyclic) bond motifs is 2. The van der Waals surface area contributed by atoms with Crippen LogP contribution in [0.2, 0.25) is 0 Å². The second-order valence-electron chi connectivity index (χ2n) is 7.98. The number of hydrogen-bond acceptors (Lipinski definition) is 11. The highest BCUT2D eigenvalue weighted by Gasteiger charge is 2.18. The Labute approximate surface area is 191 Å². The van der Waals surface area contributed by atoms with Gasteiger partial charge in [-0.25, -0.2) is 9.67 Å². The summed E-state index contributed by atoms with van der Waals surface area (Å²) in [4.78, 5) is 33.7. The first-order valence-corrected chi connectivity index (χ1v) is 10.7. The first kappa shape index (κ1) is 21.4. The van der Waals surface area contributed by atoms with Crippen LogP contribution < -0.4 is 11.1 Å². The van der Waals surface area contributed by atoms with Crippen molar-refractivity contribution in [1.82, 2.24) is 65.0 Å². The van der Waals surface area contributed by atoms with Crippen molar-refractivity contribution in [2.45, 2.75) is 52.4 Å². The van der Waals surface area contributed by atoms with Gasteiger partial charge in [0.25, 0.3) is 11.1 Å². The molecule has 0 N–H and O–H groups in total. The summed E-state index contributed by atoms with van der Waals surface area (Å²) in [7, 11) is 0. The lowest BCUT2D eigenvalue weighted by Gasteiger charge is -2.17. The van der Waals surface area contributed by atoms with Crippen LogP contribution in [0.1, 0.15) is 38.2 Å². The van der Waals surface area contributed by atoms with Gasteiger partial charge in [0.2, 0.25) is 0 Å². The molecule has 4 aromatic heterocycles. The zero-order valence-electron chi connectivity index (χ0n) is 18.7. The Morgan fingerprint density at radius 2 is 1.74 bits per heavy atom. The largest absolute Gasteiger partial charge is 0.294 e. The Morgan fingerprint density at radius 3 is 2.44 bits per heavy atom. The van der Waals surface area contributed by atoms with E-state index in [1.807, 2.05) is 6.92 Å². The van der Waals surface area contributed by atoms with E-state index in [2.05, 4.69) is 46.1 Å². The van der Waals surface area contributed by atoms with Gasteiger partial charge in [0, 0.05) is 0 Å². The monoisotopic (exact) mass is 463 g/mol. The lowest BCUT2D eigenvalue weighted by Crippen LogP contribution is -2.30. The molecule has 5 aromatic rings. The van der Waals surface area contributed by atoms with Crippen LogP contribution in [0.5, 0.6) is 0 Å². The smallest absolute Gasteiger partial charge is 0.277 e. The van der Waals surface area contributed by atoms with Crippen LogP contribution in [-0.2, 0) is 13.1 Å². The number of rotatable bonds is 7. The summed E-state index contributed by atoms with van der Waals surface area (Å²) in [5, 5.41) is 32.4. The summed E-state index contributed by atoms with van der Waals surface area (Å²) in [5.41, 5.74) is 0.135. The van der Waals surface area contributed by atoms with E-state index in [9.17, 15) is 9.59 Å². The molecule has 0 saturated heterocycles. The molecule has 0 radical (unpaired) electrons. The summed E-state index contributed by atoms with van der Waals surface area (Å²) in [5.74, 6) is 0.557. The molecule has 15 nitrogen and oxygen atoms in total. The maximum absolute atomic E-state index is 13.3. The molecule has 0 fully saturated rings. The molecule has 0 aliphatic rings. The highest BCUT2D eigenvalue weighted by Crippen LogP contribution is 2.17. The zero-order valence-corrected chi connectivity index (χ0v) is 18.7. The molecule has 0 aliphatic heterocycles. The average Bonchev–Trinajstić information content (AvgIpc) is 3.49. The van der Waals surface area contributed by atoms with E-state index >= 15 is 0 Å². The van der Waals surface area contributed by atoms with E-state index in [4.69, 9.17) is 0 Å². The van der Waals surface area contributed by atoms with Crippen LogP contribution in [0.15, 0.2) is 34.4 Å². The summed E-state index contributed by atoms with van der Waals surface area (Å²) in [6, 6.07) is 2.55. The van der Waals surface area contributed by atoms with E-state index in [1.165, 1.54) is 26.9 Å². The summed E-state index contributed by atoms with van der Waals surface area (Å²) in [6.07, 6.45) is 3.46. The van der Waals surface area contributed by atoms with Gasteiger partial charge in [-0.1, -0.05) is 12.1 Å². The van der Waals surface area contributed by atoms with Gasteiger partial charge in [0.15, 0.2) is 12.2 Å². The quantitative estimate of drug-likeness (QED) is 0.290. The van der Waals surface area contributed by atoms with Crippen molar-refractivity contribution >= 4 is 21.8 Å². The fourth-order valence-electron chi connectivity index (χ4n) is 3.82. The molecular weight excluding hydrogens is 442 g/mol. The third-order valence-electron chi connectivity index (χ3n) is 5.62. The Bertz CT molecular complexity index is 1580. The number of aromatic nitrogens is 13. The number of hydrogen-bond donors (Lipinski definition) is 0. The van der Waals surface area contributed by atoms with Gasteiger partial charge in [-0.2, -0.15) is 9.59 Å². The minimum atomic E-state index is -0.366. The second-order valence-corrected chi connectivity index (χ2v) is 7.98. The Kier molecular flexibility index (Phi) is 5.35. The molecular formula is C19H21N13O2. The van der Waals surface area contributed by atoms with Crippen molar-refractivity contribution in [2.24, 2.45) is 0 Å². The SMILES string of the molecule is CC[C@H](Cn1nnc(C)n1)n1cnc2cc3c(=O)n([C@H](C)Cn4ncnn4)nnc3cc2c1=O. The van der Waals surface area contributed by atoms with Gasteiger partial charge in [-0.3, -0.25) is 14.2 Å². The van der Waals surface area contributed by atoms with E-state index < -0.39 is 0 Å². The maximum Gasteiger partial charge on any atom is 0.277 e. The van der Waals surface area contributed by atoms with Crippen LogP contribution in [0.3, 0.4) is 0 Å². The predicted molar refractivity (Wildman–Crippen MR) is 118 cm³/mol. The molecule has 2 atom stereocenters. The van der Waals surface area contributed by atoms with Crippen LogP contribution in [-0.4, -0.2) is 65.0 Å². The predicted octanol–water partition coefficient (Wildman–Crippen LogP) is -0.305. The van der Waals surface area contributed by atoms with E-state index in [0.29, 0.717) is 47.1 Å². The third-order valence-corrected chi connectivity index (χ3v) is 5.62. The number of benzene rings is 1. The minimum Gasteiger partial charge on any atom is -0.294 e. The molecule has 5 rings (SSSR count). The van der Waals surface area contributed by atoms with Crippen molar-refractivity contribution in [2.75, 3.05) is 0 Å². The van der Waals surface area contributed by atoms with Crippen LogP contribution >= 0.6 is 0 Å². The Hall–Kier alpha value is -4.43. The standard InChI is InChI=1S/C19H21N13O2/c1-4-13(8-31-25-12(3)23-27-31)29-10-20-16-5-15-17(6-14(16)18(29)33)24-28-32(19(15)34)11(2)7-30-22-9-21-26-30/h5-6,9-11,13H,4,7-8H2,1-3H3/t11-,13-/m1/s1. The minimum absolute atomic E-state index is 0.223. The molecule has 1 aromatic carbocycles. The Morgan fingerprint density at radius 1 is 0.941 bits per heavy atom. The maximum atomic E-state index is 13.3. The lowest BCUT2D eigenvalue weighted by molar-refractivity contribution is 0.354. The number of tetrazole rings is 2. The van der Waals surface area contributed by atoms with Crippen molar-refractivity contribution in [3.05, 3.63) is 51.3 Å². The second kappa shape index (κ2) is 8.49. The van der Waals surface area contributed by atoms with E-state index in [0.717, 1.165) is 0 Å². The number of aryl methyl sites for hydroxylation is 1. The van der Waals surface area contributed by atoms with Crippen molar-refractivity contribution in [1.29, 1.82) is 0 Å². The van der Waals surface area contributed by atoms with Crippen molar-refractivity contribution < 1.29 is 0 Å². The van der Waals surface area contributed by atoms with Crippen molar-refractivity contribution in [3.63, 3.8) is 0 Å². The van der Waals surface area contributed by atoms with Crippen LogP contribution in [0.4, 0.5) is 0 Å². The highest BCUT2D eigenvalue weighted by atomic mass is 16.1. The van der Waals surface area contributed by atoms with Gasteiger partial charge in [-0.15, -0.1) is 25.5 Å². The summed E-state index contributed by atoms with van der Waals surface area (Å²) in [6.45, 7) is 6.20. The fraction of sp³-hybridized carbons (Fsp3) is 0.421. The highest BCUT2D eigenvalue weighted by molar-refractivity contribution is 5.93. The van der Waals surface area contributed by atoms with Crippen LogP contribution in [0.25, 0.3) is 21.8 Å². The fourth-order valence-corrected chi connectivity index (χ4v) is 3.82. The van der Waals surface area contributed by atoms with Gasteiger partial charge in [0.05, 0.1) is 47.8 Å². The average molecular weight is 463 g/mol. The van der Waals surface area contributed by atoms with Crippen molar-refractivity contribution in [3.8, 4) is 0 Å². The Balaban J connectivity index is 1.54. The topological polar surface area (TPSA) is 170 Å². The third kappa shape index (κ3) is 3.80. The zero-order chi connectivity index (χ0) is 23.8. The molecule has 0 unspecified atom stereocenters. The normalized spacial score (nSPS) is 13.5. The molecule has 174 valence electrons. The van der Waals surface area contributed by atoms with Gasteiger partial charge in [0.1, 0.15) is 5.52 Å². The van der Waals surface area contributed by atoms with Gasteiger partial charge >= 0.3 is 0 Å². The molecule has 34 heavy (non-hydrogen) atoms. The van der Waals surface area contributed by atoms with Gasteiger partial charge in [-0.05, 0) is 42.8 Å². The molecule has 0 bridgehead atoms. The van der Waals surface area contributed by atoms with E-state index in [-0.39, 0.29) is 23.2 Å². The first-order chi connectivity index (χ1) is 16.4. The molecule has 0 aliphatic carbocycles. The lowest BCUT2D eigenvalue weighted by atomic mass is 10.1. The molecule has 0 spiro atoms. The molecule has 4 heterocycles. The van der Waals surface area contributed by atoms with E-state index in [1.54, 1.807) is 30.5 Å². The summed E-state index contributed by atoms with van der Waals surface area (Å²) >= 11 is 0. The summed E-state index contributed by atoms with van der Waals surface area (Å²) < 4.78 is 2.81. The molecule has 15 heteroatoms. The van der Waals surface area contributed by atoms with Crippen LogP contribution in [0, 0.1) is 6.92 Å². The number of nitrogens with zero attached hydrogens (tertiary/aromatic N) is 13. The molecule has 0 amide bonds.